The maximum Gasteiger partial charge on any atom is 0.192 e. The summed E-state index contributed by atoms with van der Waals surface area (Å²) >= 11 is 1.60. The van der Waals surface area contributed by atoms with E-state index in [0.717, 1.165) is 10.6 Å². The lowest BCUT2D eigenvalue weighted by atomic mass is 10.1. The first kappa shape index (κ1) is 8.78. The van der Waals surface area contributed by atoms with Crippen LogP contribution in [-0.2, 0) is 5.72 Å². The second-order valence-corrected chi connectivity index (χ2v) is 4.27. The Kier molecular flexibility index (Phi) is 2.14. The topological polar surface area (TPSA) is 32.6 Å². The minimum Gasteiger partial charge on any atom is -0.365 e. The molecule has 0 saturated heterocycles. The second kappa shape index (κ2) is 3.16. The molecule has 0 saturated carbocycles. The molecule has 68 valence electrons. The lowest BCUT2D eigenvalue weighted by Gasteiger charge is -2.18. The van der Waals surface area contributed by atoms with Crippen LogP contribution < -0.4 is 0 Å². The number of hydrogen-bond donors (Lipinski definition) is 1. The van der Waals surface area contributed by atoms with Gasteiger partial charge in [0.25, 0.3) is 0 Å². The summed E-state index contributed by atoms with van der Waals surface area (Å²) in [5.74, 6) is 0.628. The van der Waals surface area contributed by atoms with E-state index in [2.05, 4.69) is 4.99 Å². The minimum absolute atomic E-state index is 0.628. The van der Waals surface area contributed by atoms with Gasteiger partial charge in [0.2, 0.25) is 0 Å². The summed E-state index contributed by atoms with van der Waals surface area (Å²) < 4.78 is 0. The van der Waals surface area contributed by atoms with Crippen LogP contribution in [0, 0.1) is 0 Å². The molecule has 2 nitrogen and oxygen atoms in total. The molecular weight excluding hydrogens is 182 g/mol. The van der Waals surface area contributed by atoms with E-state index in [0.29, 0.717) is 5.75 Å². The molecule has 0 aromatic heterocycles. The van der Waals surface area contributed by atoms with Gasteiger partial charge < -0.3 is 5.11 Å². The maximum absolute atomic E-state index is 10.1. The van der Waals surface area contributed by atoms with Crippen LogP contribution in [0.4, 0.5) is 0 Å². The van der Waals surface area contributed by atoms with E-state index < -0.39 is 5.72 Å². The van der Waals surface area contributed by atoms with Gasteiger partial charge in [-0.15, -0.1) is 11.8 Å². The largest absolute Gasteiger partial charge is 0.365 e. The lowest BCUT2D eigenvalue weighted by Crippen LogP contribution is -2.22. The number of nitrogens with zero attached hydrogens (tertiary/aromatic N) is 1. The standard InChI is InChI=1S/C10H11NOS/c1-8-11-10(12,7-13-8)9-5-3-2-4-6-9/h2-6,12H,7H2,1H3. The van der Waals surface area contributed by atoms with Crippen molar-refractivity contribution < 1.29 is 5.11 Å². The smallest absolute Gasteiger partial charge is 0.192 e. The van der Waals surface area contributed by atoms with Crippen molar-refractivity contribution in [3.63, 3.8) is 0 Å². The van der Waals surface area contributed by atoms with Crippen molar-refractivity contribution in [1.82, 2.24) is 0 Å². The molecule has 0 amide bonds. The van der Waals surface area contributed by atoms with E-state index in [9.17, 15) is 5.11 Å². The summed E-state index contributed by atoms with van der Waals surface area (Å²) in [6.07, 6.45) is 0. The third-order valence-corrected chi connectivity index (χ3v) is 3.12. The van der Waals surface area contributed by atoms with Crippen LogP contribution >= 0.6 is 11.8 Å². The van der Waals surface area contributed by atoms with Gasteiger partial charge in [-0.25, -0.2) is 4.99 Å². The first-order chi connectivity index (χ1) is 6.21. The first-order valence-electron chi connectivity index (χ1n) is 4.18. The molecule has 0 aliphatic carbocycles. The number of aliphatic imine (C=N–C) groups is 1. The van der Waals surface area contributed by atoms with E-state index >= 15 is 0 Å². The van der Waals surface area contributed by atoms with Gasteiger partial charge in [0.05, 0.1) is 10.8 Å². The zero-order valence-corrected chi connectivity index (χ0v) is 8.21. The van der Waals surface area contributed by atoms with Gasteiger partial charge in [-0.1, -0.05) is 30.3 Å². The fraction of sp³-hybridized carbons (Fsp3) is 0.300. The Morgan fingerprint density at radius 2 is 2.08 bits per heavy atom. The molecule has 2 rings (SSSR count). The Labute approximate surface area is 81.7 Å². The van der Waals surface area contributed by atoms with Crippen molar-refractivity contribution in [3.05, 3.63) is 35.9 Å². The summed E-state index contributed by atoms with van der Waals surface area (Å²) in [5.41, 5.74) is -0.116. The fourth-order valence-electron chi connectivity index (χ4n) is 1.38. The van der Waals surface area contributed by atoms with Crippen LogP contribution in [0.5, 0.6) is 0 Å². The third kappa shape index (κ3) is 1.62. The van der Waals surface area contributed by atoms with Gasteiger partial charge in [0.15, 0.2) is 5.72 Å². The van der Waals surface area contributed by atoms with Gasteiger partial charge in [0.1, 0.15) is 0 Å². The lowest BCUT2D eigenvalue weighted by molar-refractivity contribution is 0.0758. The monoisotopic (exact) mass is 193 g/mol. The van der Waals surface area contributed by atoms with Crippen LogP contribution in [0.15, 0.2) is 35.3 Å². The van der Waals surface area contributed by atoms with Crippen molar-refractivity contribution >= 4 is 16.8 Å². The number of hydrogen-bond acceptors (Lipinski definition) is 3. The molecule has 1 heterocycles. The Morgan fingerprint density at radius 3 is 2.62 bits per heavy atom. The number of aliphatic hydroxyl groups is 1. The quantitative estimate of drug-likeness (QED) is 0.740. The summed E-state index contributed by atoms with van der Waals surface area (Å²) in [6.45, 7) is 1.92. The normalized spacial score (nSPS) is 27.4. The van der Waals surface area contributed by atoms with Crippen LogP contribution in [0.2, 0.25) is 0 Å². The maximum atomic E-state index is 10.1. The van der Waals surface area contributed by atoms with Crippen molar-refractivity contribution in [2.75, 3.05) is 5.75 Å². The number of rotatable bonds is 1. The zero-order valence-electron chi connectivity index (χ0n) is 7.40. The first-order valence-corrected chi connectivity index (χ1v) is 5.16. The van der Waals surface area contributed by atoms with Gasteiger partial charge in [-0.2, -0.15) is 0 Å². The van der Waals surface area contributed by atoms with E-state index in [-0.39, 0.29) is 0 Å². The summed E-state index contributed by atoms with van der Waals surface area (Å²) in [4.78, 5) is 4.23. The molecule has 1 unspecified atom stereocenters. The summed E-state index contributed by atoms with van der Waals surface area (Å²) in [7, 11) is 0. The fourth-order valence-corrected chi connectivity index (χ4v) is 2.24. The summed E-state index contributed by atoms with van der Waals surface area (Å²) in [6, 6.07) is 9.58. The molecule has 0 radical (unpaired) electrons. The van der Waals surface area contributed by atoms with Crippen LogP contribution in [0.3, 0.4) is 0 Å². The number of thioether (sulfide) groups is 1. The van der Waals surface area contributed by atoms with E-state index in [1.54, 1.807) is 11.8 Å². The van der Waals surface area contributed by atoms with Gasteiger partial charge in [0, 0.05) is 5.56 Å². The molecule has 13 heavy (non-hydrogen) atoms. The molecule has 0 spiro atoms. The Hall–Kier alpha value is -0.800. The highest BCUT2D eigenvalue weighted by atomic mass is 32.2. The average Bonchev–Trinajstić information content (AvgIpc) is 2.49. The highest BCUT2D eigenvalue weighted by molar-refractivity contribution is 8.14. The van der Waals surface area contributed by atoms with Gasteiger partial charge in [-0.3, -0.25) is 0 Å². The SMILES string of the molecule is CC1=NC(O)(c2ccccc2)CS1. The second-order valence-electron chi connectivity index (χ2n) is 3.10. The highest BCUT2D eigenvalue weighted by Gasteiger charge is 2.33. The molecule has 1 aromatic rings. The van der Waals surface area contributed by atoms with Crippen molar-refractivity contribution in [2.24, 2.45) is 4.99 Å². The van der Waals surface area contributed by atoms with Crippen molar-refractivity contribution in [2.45, 2.75) is 12.6 Å². The predicted molar refractivity (Wildman–Crippen MR) is 55.9 cm³/mol. The zero-order chi connectivity index (χ0) is 9.31. The predicted octanol–water partition coefficient (Wildman–Crippen LogP) is 2.00. The Bertz CT molecular complexity index is 336. The molecule has 1 aliphatic heterocycles. The van der Waals surface area contributed by atoms with Gasteiger partial charge >= 0.3 is 0 Å². The Morgan fingerprint density at radius 1 is 1.38 bits per heavy atom. The van der Waals surface area contributed by atoms with Crippen LogP contribution in [-0.4, -0.2) is 15.9 Å². The van der Waals surface area contributed by atoms with E-state index in [1.165, 1.54) is 0 Å². The molecule has 0 bridgehead atoms. The molecule has 1 atom stereocenters. The molecule has 3 heteroatoms. The van der Waals surface area contributed by atoms with Crippen molar-refractivity contribution in [1.29, 1.82) is 0 Å². The molecule has 1 aromatic carbocycles. The molecule has 1 N–H and O–H groups in total. The average molecular weight is 193 g/mol. The van der Waals surface area contributed by atoms with E-state index in [4.69, 9.17) is 0 Å². The molecule has 0 fully saturated rings. The Balaban J connectivity index is 2.37. The van der Waals surface area contributed by atoms with Crippen LogP contribution in [0.1, 0.15) is 12.5 Å². The highest BCUT2D eigenvalue weighted by Crippen LogP contribution is 2.33. The third-order valence-electron chi connectivity index (χ3n) is 2.06. The summed E-state index contributed by atoms with van der Waals surface area (Å²) in [5, 5.41) is 11.1. The number of benzene rings is 1. The molecular formula is C10H11NOS. The van der Waals surface area contributed by atoms with Gasteiger partial charge in [-0.05, 0) is 6.92 Å². The van der Waals surface area contributed by atoms with E-state index in [1.807, 2.05) is 37.3 Å². The molecule has 1 aliphatic rings. The van der Waals surface area contributed by atoms with Crippen LogP contribution in [0.25, 0.3) is 0 Å². The van der Waals surface area contributed by atoms with Crippen molar-refractivity contribution in [3.8, 4) is 0 Å². The minimum atomic E-state index is -0.990.